The van der Waals surface area contributed by atoms with Gasteiger partial charge in [-0.1, -0.05) is 12.8 Å². The summed E-state index contributed by atoms with van der Waals surface area (Å²) in [7, 11) is 1.94. The lowest BCUT2D eigenvalue weighted by atomic mass is 10.2. The maximum atomic E-state index is 12.1. The van der Waals surface area contributed by atoms with Crippen LogP contribution in [-0.2, 0) is 18.3 Å². The second-order valence-corrected chi connectivity index (χ2v) is 8.60. The van der Waals surface area contributed by atoms with Crippen molar-refractivity contribution < 1.29 is 9.53 Å². The second-order valence-electron chi connectivity index (χ2n) is 7.57. The van der Waals surface area contributed by atoms with Gasteiger partial charge in [0.1, 0.15) is 22.3 Å². The number of halogens is 1. The van der Waals surface area contributed by atoms with Gasteiger partial charge in [-0.15, -0.1) is 45.5 Å². The van der Waals surface area contributed by atoms with Gasteiger partial charge in [-0.3, -0.25) is 0 Å². The molecule has 1 fully saturated rings. The van der Waals surface area contributed by atoms with Crippen molar-refractivity contribution in [3.8, 4) is 0 Å². The van der Waals surface area contributed by atoms with E-state index in [1.807, 2.05) is 32.4 Å². The fourth-order valence-electron chi connectivity index (χ4n) is 3.39. The Morgan fingerprint density at radius 2 is 2.03 bits per heavy atom. The van der Waals surface area contributed by atoms with Crippen molar-refractivity contribution in [2.75, 3.05) is 6.61 Å². The fourth-order valence-corrected chi connectivity index (χ4v) is 4.35. The van der Waals surface area contributed by atoms with Crippen LogP contribution in [0, 0.1) is 13.8 Å². The van der Waals surface area contributed by atoms with Gasteiger partial charge in [0.25, 0.3) is 0 Å². The Morgan fingerprint density at radius 3 is 2.65 bits per heavy atom. The monoisotopic (exact) mass is 561 g/mol. The predicted molar refractivity (Wildman–Crippen MR) is 132 cm³/mol. The normalized spacial score (nSPS) is 15.5. The Balaban J connectivity index is 0.00000341. The number of aromatic nitrogens is 4. The average Bonchev–Trinajstić information content (AvgIpc) is 3.43. The molecule has 0 aliphatic heterocycles. The Hall–Kier alpha value is -1.76. The SMILES string of the molecule is CCOC(=O)c1sc(C(C)NC(=NCc2nnc(C)n2C)NC2CCCC2)nc1C.I. The van der Waals surface area contributed by atoms with Gasteiger partial charge in [0.05, 0.1) is 18.3 Å². The van der Waals surface area contributed by atoms with Gasteiger partial charge in [-0.2, -0.15) is 0 Å². The average molecular weight is 561 g/mol. The number of guanidine groups is 1. The summed E-state index contributed by atoms with van der Waals surface area (Å²) in [5.74, 6) is 2.07. The van der Waals surface area contributed by atoms with Crippen molar-refractivity contribution in [3.63, 3.8) is 0 Å². The molecule has 0 radical (unpaired) electrons. The van der Waals surface area contributed by atoms with Crippen molar-refractivity contribution in [2.45, 2.75) is 72.0 Å². The van der Waals surface area contributed by atoms with Crippen LogP contribution in [-0.4, -0.2) is 44.3 Å². The van der Waals surface area contributed by atoms with Gasteiger partial charge in [0, 0.05) is 13.1 Å². The van der Waals surface area contributed by atoms with E-state index in [0.717, 1.165) is 35.5 Å². The van der Waals surface area contributed by atoms with Crippen LogP contribution in [0.5, 0.6) is 0 Å². The third kappa shape index (κ3) is 6.61. The summed E-state index contributed by atoms with van der Waals surface area (Å²) in [6.07, 6.45) is 4.75. The number of nitrogens with one attached hydrogen (secondary N) is 2. The Bertz CT molecular complexity index is 905. The summed E-state index contributed by atoms with van der Waals surface area (Å²) in [6.45, 7) is 8.35. The lowest BCUT2D eigenvalue weighted by Gasteiger charge is -2.20. The van der Waals surface area contributed by atoms with Crippen LogP contribution < -0.4 is 10.6 Å². The summed E-state index contributed by atoms with van der Waals surface area (Å²) >= 11 is 1.36. The lowest BCUT2D eigenvalue weighted by Crippen LogP contribution is -2.43. The molecule has 2 aromatic rings. The number of aliphatic imine (C=N–C) groups is 1. The molecule has 0 spiro atoms. The van der Waals surface area contributed by atoms with E-state index in [2.05, 4.69) is 25.8 Å². The van der Waals surface area contributed by atoms with Crippen LogP contribution in [0.4, 0.5) is 0 Å². The van der Waals surface area contributed by atoms with E-state index in [4.69, 9.17) is 9.73 Å². The number of aryl methyl sites for hydroxylation is 2. The number of rotatable bonds is 7. The molecule has 2 N–H and O–H groups in total. The smallest absolute Gasteiger partial charge is 0.350 e. The zero-order valence-electron chi connectivity index (χ0n) is 18.8. The molecule has 0 saturated heterocycles. The Labute approximate surface area is 204 Å². The standard InChI is InChI=1S/C20H31N7O2S.HI/c1-6-29-19(28)17-12(2)22-18(30-17)13(3)23-20(24-15-9-7-8-10-15)21-11-16-26-25-14(4)27(16)5;/h13,15H,6-11H2,1-5H3,(H2,21,23,24);1H. The molecular formula is C20H32IN7O2S. The highest BCUT2D eigenvalue weighted by molar-refractivity contribution is 14.0. The number of ether oxygens (including phenoxy) is 1. The predicted octanol–water partition coefficient (Wildman–Crippen LogP) is 3.42. The first-order valence-corrected chi connectivity index (χ1v) is 11.3. The van der Waals surface area contributed by atoms with E-state index in [0.29, 0.717) is 29.8 Å². The molecule has 1 saturated carbocycles. The van der Waals surface area contributed by atoms with Crippen molar-refractivity contribution >= 4 is 47.2 Å². The molecule has 1 aliphatic carbocycles. The zero-order valence-corrected chi connectivity index (χ0v) is 21.9. The molecule has 31 heavy (non-hydrogen) atoms. The van der Waals surface area contributed by atoms with Gasteiger partial charge in [0.15, 0.2) is 11.8 Å². The van der Waals surface area contributed by atoms with Gasteiger partial charge in [-0.05, 0) is 40.5 Å². The molecule has 2 heterocycles. The van der Waals surface area contributed by atoms with Gasteiger partial charge in [0.2, 0.25) is 0 Å². The molecule has 0 bridgehead atoms. The molecule has 3 rings (SSSR count). The first kappa shape index (κ1) is 25.5. The number of nitrogens with zero attached hydrogens (tertiary/aromatic N) is 5. The molecule has 1 atom stereocenters. The zero-order chi connectivity index (χ0) is 21.7. The first-order chi connectivity index (χ1) is 14.4. The number of hydrogen-bond acceptors (Lipinski definition) is 7. The third-order valence-corrected chi connectivity index (χ3v) is 6.58. The highest BCUT2D eigenvalue weighted by atomic mass is 127. The first-order valence-electron chi connectivity index (χ1n) is 10.5. The number of carbonyl (C=O) groups is 1. The van der Waals surface area contributed by atoms with E-state index in [1.54, 1.807) is 6.92 Å². The Morgan fingerprint density at radius 1 is 1.32 bits per heavy atom. The summed E-state index contributed by atoms with van der Waals surface area (Å²) in [4.78, 5) is 22.0. The highest BCUT2D eigenvalue weighted by Crippen LogP contribution is 2.24. The van der Waals surface area contributed by atoms with Crippen molar-refractivity contribution in [2.24, 2.45) is 12.0 Å². The van der Waals surface area contributed by atoms with E-state index >= 15 is 0 Å². The quantitative estimate of drug-likeness (QED) is 0.231. The maximum absolute atomic E-state index is 12.1. The van der Waals surface area contributed by atoms with E-state index in [1.165, 1.54) is 24.2 Å². The molecule has 11 heteroatoms. The highest BCUT2D eigenvalue weighted by Gasteiger charge is 2.22. The molecular weight excluding hydrogens is 529 g/mol. The van der Waals surface area contributed by atoms with Crippen LogP contribution in [0.1, 0.15) is 77.6 Å². The van der Waals surface area contributed by atoms with Gasteiger partial charge in [-0.25, -0.2) is 14.8 Å². The maximum Gasteiger partial charge on any atom is 0.350 e. The molecule has 2 aromatic heterocycles. The number of hydrogen-bond donors (Lipinski definition) is 2. The molecule has 1 unspecified atom stereocenters. The van der Waals surface area contributed by atoms with Gasteiger partial charge >= 0.3 is 5.97 Å². The topological polar surface area (TPSA) is 106 Å². The Kier molecular flexibility index (Phi) is 9.66. The van der Waals surface area contributed by atoms with E-state index in [-0.39, 0.29) is 36.0 Å². The number of esters is 1. The molecule has 0 aromatic carbocycles. The van der Waals surface area contributed by atoms with Crippen LogP contribution in [0.2, 0.25) is 0 Å². The van der Waals surface area contributed by atoms with Crippen LogP contribution >= 0.6 is 35.3 Å². The van der Waals surface area contributed by atoms with E-state index in [9.17, 15) is 4.79 Å². The van der Waals surface area contributed by atoms with Crippen LogP contribution in [0.15, 0.2) is 4.99 Å². The molecule has 0 amide bonds. The second kappa shape index (κ2) is 11.7. The van der Waals surface area contributed by atoms with Crippen LogP contribution in [0.3, 0.4) is 0 Å². The van der Waals surface area contributed by atoms with Crippen molar-refractivity contribution in [1.29, 1.82) is 0 Å². The molecule has 1 aliphatic rings. The third-order valence-electron chi connectivity index (χ3n) is 5.25. The van der Waals surface area contributed by atoms with Crippen molar-refractivity contribution in [1.82, 2.24) is 30.4 Å². The largest absolute Gasteiger partial charge is 0.462 e. The number of carbonyl (C=O) groups excluding carboxylic acids is 1. The fraction of sp³-hybridized carbons (Fsp3) is 0.650. The lowest BCUT2D eigenvalue weighted by molar-refractivity contribution is 0.0531. The summed E-state index contributed by atoms with van der Waals surface area (Å²) in [6, 6.07) is 0.309. The summed E-state index contributed by atoms with van der Waals surface area (Å²) in [5.41, 5.74) is 0.693. The van der Waals surface area contributed by atoms with Crippen molar-refractivity contribution in [3.05, 3.63) is 27.2 Å². The molecule has 9 nitrogen and oxygen atoms in total. The summed E-state index contributed by atoms with van der Waals surface area (Å²) < 4.78 is 7.07. The van der Waals surface area contributed by atoms with Gasteiger partial charge < -0.3 is 19.9 Å². The molecule has 172 valence electrons. The van der Waals surface area contributed by atoms with E-state index < -0.39 is 0 Å². The minimum Gasteiger partial charge on any atom is -0.462 e. The van der Waals surface area contributed by atoms with Crippen LogP contribution in [0.25, 0.3) is 0 Å². The minimum absolute atomic E-state index is 0. The number of thiazole rings is 1. The minimum atomic E-state index is -0.318. The summed E-state index contributed by atoms with van der Waals surface area (Å²) in [5, 5.41) is 16.1.